The van der Waals surface area contributed by atoms with Gasteiger partial charge in [-0.15, -0.1) is 16.6 Å². The number of amides is 1. The number of halogens is 2. The second kappa shape index (κ2) is 20.5. The number of carbonyl (C=O) groups excluding carboxylic acids is 1. The Morgan fingerprint density at radius 2 is 1.68 bits per heavy atom. The number of hydrogen-bond donors (Lipinski definition) is 4. The Bertz CT molecular complexity index is 3560. The monoisotopic (exact) mass is 1060 g/mol. The highest BCUT2D eigenvalue weighted by atomic mass is 19.1. The lowest BCUT2D eigenvalue weighted by Crippen LogP contribution is -2.50. The number of carbonyl (C=O) groups is 1. The number of terminal acetylenes is 1. The Labute approximate surface area is 450 Å². The molecule has 5 N–H and O–H groups in total. The molecule has 1 atom stereocenters. The van der Waals surface area contributed by atoms with E-state index in [-0.39, 0.29) is 74.0 Å². The van der Waals surface area contributed by atoms with Crippen LogP contribution in [-0.2, 0) is 6.54 Å². The van der Waals surface area contributed by atoms with Crippen LogP contribution in [0.4, 0.5) is 14.6 Å². The second-order valence-corrected chi connectivity index (χ2v) is 22.4. The molecule has 4 aromatic carbocycles. The first kappa shape index (κ1) is 51.0. The van der Waals surface area contributed by atoms with Gasteiger partial charge in [0.25, 0.3) is 5.91 Å². The molecule has 7 aromatic rings. The first-order chi connectivity index (χ1) is 37.7. The van der Waals surface area contributed by atoms with Gasteiger partial charge < -0.3 is 40.5 Å². The maximum atomic E-state index is 17.2. The molecule has 2 bridgehead atoms. The summed E-state index contributed by atoms with van der Waals surface area (Å²) in [6.45, 7) is 15.0. The lowest BCUT2D eigenvalue weighted by atomic mass is 9.95. The van der Waals surface area contributed by atoms with Crippen molar-refractivity contribution in [1.82, 2.24) is 44.4 Å². The smallest absolute Gasteiger partial charge is 0.319 e. The Hall–Kier alpha value is -7.79. The van der Waals surface area contributed by atoms with Crippen LogP contribution >= 0.6 is 0 Å². The number of piperidine rings is 2. The molecule has 3 aromatic heterocycles. The highest BCUT2D eigenvalue weighted by molar-refractivity contribution is 6.03. The van der Waals surface area contributed by atoms with Crippen LogP contribution in [0.25, 0.3) is 50.0 Å². The van der Waals surface area contributed by atoms with Gasteiger partial charge in [0.2, 0.25) is 5.82 Å². The van der Waals surface area contributed by atoms with Crippen LogP contribution in [0.3, 0.4) is 0 Å². The largest absolute Gasteiger partial charge is 0.508 e. The number of likely N-dealkylation sites (tertiary alicyclic amines) is 1. The summed E-state index contributed by atoms with van der Waals surface area (Å²) in [5.41, 5.74) is 9.48. The number of piperazine rings is 1. The maximum Gasteiger partial charge on any atom is 0.319 e. The highest BCUT2D eigenvalue weighted by Gasteiger charge is 2.46. The van der Waals surface area contributed by atoms with E-state index in [1.807, 2.05) is 38.1 Å². The van der Waals surface area contributed by atoms with Crippen molar-refractivity contribution >= 4 is 39.1 Å². The van der Waals surface area contributed by atoms with E-state index in [1.54, 1.807) is 16.8 Å². The van der Waals surface area contributed by atoms with Gasteiger partial charge in [0.1, 0.15) is 40.1 Å². The fourth-order valence-corrected chi connectivity index (χ4v) is 12.1. The number of anilines is 1. The molecule has 17 nitrogen and oxygen atoms in total. The van der Waals surface area contributed by atoms with Crippen LogP contribution in [0.2, 0.25) is 0 Å². The normalized spacial score (nSPS) is 18.9. The summed E-state index contributed by atoms with van der Waals surface area (Å²) in [6, 6.07) is 16.5. The molecule has 1 unspecified atom stereocenters. The number of primary amides is 1. The predicted octanol–water partition coefficient (Wildman–Crippen LogP) is 7.66. The molecular weight excluding hydrogens is 995 g/mol. The summed E-state index contributed by atoms with van der Waals surface area (Å²) in [5.74, 6) is 1.57. The van der Waals surface area contributed by atoms with Crippen molar-refractivity contribution in [1.29, 1.82) is 0 Å². The van der Waals surface area contributed by atoms with Gasteiger partial charge in [-0.05, 0) is 110 Å². The number of nitrogens with two attached hydrogens (primary N) is 1. The van der Waals surface area contributed by atoms with Gasteiger partial charge >= 0.3 is 6.01 Å². The van der Waals surface area contributed by atoms with Crippen LogP contribution in [-0.4, -0.2) is 150 Å². The van der Waals surface area contributed by atoms with Crippen LogP contribution in [0.5, 0.6) is 23.3 Å². The molecule has 1 aliphatic carbocycles. The van der Waals surface area contributed by atoms with Crippen molar-refractivity contribution in [3.63, 3.8) is 0 Å². The Morgan fingerprint density at radius 1 is 0.910 bits per heavy atom. The average molecular weight is 1060 g/mol. The first-order valence-corrected chi connectivity index (χ1v) is 27.0. The van der Waals surface area contributed by atoms with Crippen molar-refractivity contribution in [2.24, 2.45) is 28.0 Å². The quantitative estimate of drug-likeness (QED) is 0.0728. The number of ether oxygens (including phenoxy) is 1. The van der Waals surface area contributed by atoms with Gasteiger partial charge in [-0.2, -0.15) is 9.97 Å². The Kier molecular flexibility index (Phi) is 13.4. The van der Waals surface area contributed by atoms with Crippen LogP contribution in [0.15, 0.2) is 71.9 Å². The molecule has 19 heteroatoms. The summed E-state index contributed by atoms with van der Waals surface area (Å²) in [6.07, 6.45) is 12.5. The highest BCUT2D eigenvalue weighted by Crippen LogP contribution is 2.47. The summed E-state index contributed by atoms with van der Waals surface area (Å²) >= 11 is 0. The lowest BCUT2D eigenvalue weighted by molar-refractivity contribution is 0.0745. The molecule has 1 amide bonds. The molecule has 0 radical (unpaired) electrons. The van der Waals surface area contributed by atoms with Crippen molar-refractivity contribution in [3.8, 4) is 63.9 Å². The lowest BCUT2D eigenvalue weighted by Gasteiger charge is -2.39. The van der Waals surface area contributed by atoms with Crippen LogP contribution in [0, 0.1) is 41.2 Å². The zero-order valence-electron chi connectivity index (χ0n) is 43.8. The number of fused-ring (bicyclic) bond motifs is 4. The van der Waals surface area contributed by atoms with E-state index in [2.05, 4.69) is 40.7 Å². The molecule has 12 rings (SSSR count). The van der Waals surface area contributed by atoms with E-state index in [1.165, 1.54) is 30.3 Å². The molecule has 4 fully saturated rings. The minimum absolute atomic E-state index is 0.0187. The minimum atomic E-state index is -0.752. The van der Waals surface area contributed by atoms with Gasteiger partial charge in [-0.25, -0.2) is 8.78 Å². The number of rotatable bonds is 15. The van der Waals surface area contributed by atoms with E-state index in [0.29, 0.717) is 64.9 Å². The van der Waals surface area contributed by atoms with E-state index in [9.17, 15) is 20.1 Å². The van der Waals surface area contributed by atoms with Crippen molar-refractivity contribution in [2.45, 2.75) is 58.4 Å². The fourth-order valence-electron chi connectivity index (χ4n) is 12.1. The zero-order valence-corrected chi connectivity index (χ0v) is 43.8. The van der Waals surface area contributed by atoms with Gasteiger partial charge in [0.05, 0.1) is 29.7 Å². The van der Waals surface area contributed by atoms with Gasteiger partial charge in [-0.1, -0.05) is 38.0 Å². The van der Waals surface area contributed by atoms with Crippen molar-refractivity contribution in [3.05, 3.63) is 101 Å². The van der Waals surface area contributed by atoms with E-state index in [4.69, 9.17) is 31.9 Å². The van der Waals surface area contributed by atoms with Crippen LogP contribution < -0.4 is 15.4 Å². The van der Waals surface area contributed by atoms with Gasteiger partial charge in [0, 0.05) is 105 Å². The molecule has 0 spiro atoms. The molecule has 1 saturated carbocycles. The topological polar surface area (TPSA) is 208 Å². The van der Waals surface area contributed by atoms with Gasteiger partial charge in [-0.3, -0.25) is 24.2 Å². The number of pyridine rings is 1. The molecule has 402 valence electrons. The van der Waals surface area contributed by atoms with Gasteiger partial charge in [0.15, 0.2) is 11.6 Å². The number of phenolic OH excluding ortho intramolecular Hbond substituents is 3. The number of benzene rings is 4. The molecule has 7 heterocycles. The summed E-state index contributed by atoms with van der Waals surface area (Å²) in [4.78, 5) is 41.2. The Morgan fingerprint density at radius 3 is 2.40 bits per heavy atom. The summed E-state index contributed by atoms with van der Waals surface area (Å²) in [7, 11) is 0. The molecule has 3 saturated heterocycles. The third-order valence-corrected chi connectivity index (χ3v) is 16.5. The van der Waals surface area contributed by atoms with Crippen molar-refractivity contribution < 1.29 is 33.6 Å². The predicted molar refractivity (Wildman–Crippen MR) is 293 cm³/mol. The molecule has 4 aliphatic heterocycles. The number of phenols is 3. The third-order valence-electron chi connectivity index (χ3n) is 16.5. The number of nitrogens with zero attached hydrogens (tertiary/aromatic N) is 11. The van der Waals surface area contributed by atoms with E-state index >= 15 is 8.78 Å². The number of hydrogen-bond acceptors (Lipinski definition) is 15. The molecule has 5 aliphatic rings. The second-order valence-electron chi connectivity index (χ2n) is 22.4. The maximum absolute atomic E-state index is 17.2. The summed E-state index contributed by atoms with van der Waals surface area (Å²) in [5, 5.41) is 41.5. The van der Waals surface area contributed by atoms with E-state index in [0.717, 1.165) is 109 Å². The third kappa shape index (κ3) is 9.92. The Balaban J connectivity index is 0.664. The van der Waals surface area contributed by atoms with E-state index < -0.39 is 17.5 Å². The zero-order chi connectivity index (χ0) is 54.0. The SMILES string of the molecule is C#Cc1c(F)ccc2cc(O)cc(-c3ncc4c(N5CC6=NCC(C6)C5)nc(OCC5(CN6CCN(CC7CCN(Cc8ccc(-n9c(C(N)=O)nnc9-c9cc(C(C)C)c(O)cc9O)cc8)CC7)CC6)CC5)nc4c3F)c12. The standard InChI is InChI=1S/C59H62F2N12O5/c1-4-42-47(60)10-7-38-22-41(74)23-45(50(38)42)52-51(61)53-46(27-64-52)55(72-30-37-21-39(31-72)63-26-37)66-58(65-53)78-33-59(13-14-59)32-71-19-17-70(18-20-71)29-36-11-15-69(16-12-36)28-35-5-8-40(9-6-35)73-56(67-68-57(73)54(62)77)44-24-43(34(2)3)48(75)25-49(44)76/h1,5-10,22-25,27,34,36-37,74-76H,11-21,26,28-33H2,2-3H3,(H2,62,77). The number of aromatic hydroxyl groups is 3. The first-order valence-electron chi connectivity index (χ1n) is 27.0. The van der Waals surface area contributed by atoms with Crippen molar-refractivity contribution in [2.75, 3.05) is 83.5 Å². The summed E-state index contributed by atoms with van der Waals surface area (Å²) < 4.78 is 40.3. The molecular formula is C59H62F2N12O5. The number of aromatic nitrogens is 6. The molecule has 78 heavy (non-hydrogen) atoms. The average Bonchev–Trinajstić information content (AvgIpc) is 4.04. The fraction of sp³-hybridized carbons (Fsp3) is 0.407. The minimum Gasteiger partial charge on any atom is -0.508 e. The van der Waals surface area contributed by atoms with Crippen LogP contribution in [0.1, 0.15) is 79.2 Å². The number of aliphatic imine (C=N–C) groups is 1.